The minimum absolute atomic E-state index is 0.107. The number of phosphoric acid groups is 2. The van der Waals surface area contributed by atoms with E-state index in [1.54, 1.807) is 0 Å². The Bertz CT molecular complexity index is 2110. The van der Waals surface area contributed by atoms with Crippen molar-refractivity contribution in [2.24, 2.45) is 17.8 Å². The van der Waals surface area contributed by atoms with Crippen molar-refractivity contribution in [3.05, 3.63) is 0 Å². The van der Waals surface area contributed by atoms with E-state index in [2.05, 4.69) is 48.5 Å². The maximum atomic E-state index is 13.2. The first-order chi connectivity index (χ1) is 53.2. The molecule has 0 saturated heterocycles. The maximum absolute atomic E-state index is 13.2. The van der Waals surface area contributed by atoms with Crippen LogP contribution in [0.25, 0.3) is 0 Å². The molecular formula is C91H178O17P2. The van der Waals surface area contributed by atoms with Crippen molar-refractivity contribution in [1.82, 2.24) is 0 Å². The molecule has 0 aliphatic heterocycles. The molecule has 5 atom stereocenters. The second kappa shape index (κ2) is 80.8. The third-order valence-corrected chi connectivity index (χ3v) is 23.3. The molecule has 0 radical (unpaired) electrons. The summed E-state index contributed by atoms with van der Waals surface area (Å²) >= 11 is 0. The molecule has 0 aromatic rings. The molecule has 0 spiro atoms. The molecular weight excluding hydrogens is 1430 g/mol. The summed E-state index contributed by atoms with van der Waals surface area (Å²) in [7, 11) is -9.94. The van der Waals surface area contributed by atoms with Crippen LogP contribution in [0.5, 0.6) is 0 Å². The Kier molecular flexibility index (Phi) is 79.4. The average Bonchev–Trinajstić information content (AvgIpc) is 0.765. The van der Waals surface area contributed by atoms with Crippen LogP contribution in [0.3, 0.4) is 0 Å². The molecule has 110 heavy (non-hydrogen) atoms. The van der Waals surface area contributed by atoms with Gasteiger partial charge in [0.2, 0.25) is 0 Å². The fraction of sp³-hybridized carbons (Fsp3) is 0.956. The largest absolute Gasteiger partial charge is 0.472 e. The molecule has 19 heteroatoms. The van der Waals surface area contributed by atoms with Crippen LogP contribution in [0.4, 0.5) is 0 Å². The molecule has 0 aromatic heterocycles. The maximum Gasteiger partial charge on any atom is 0.472 e. The predicted octanol–water partition coefficient (Wildman–Crippen LogP) is 28.0. The van der Waals surface area contributed by atoms with Crippen LogP contribution in [-0.2, 0) is 65.4 Å². The second-order valence-corrected chi connectivity index (χ2v) is 37.0. The monoisotopic (exact) mass is 1610 g/mol. The van der Waals surface area contributed by atoms with Gasteiger partial charge in [-0.25, -0.2) is 9.13 Å². The van der Waals surface area contributed by atoms with Gasteiger partial charge in [0.15, 0.2) is 12.2 Å². The van der Waals surface area contributed by atoms with Gasteiger partial charge in [-0.15, -0.1) is 0 Å². The number of phosphoric ester groups is 2. The van der Waals surface area contributed by atoms with E-state index in [4.69, 9.17) is 37.0 Å². The van der Waals surface area contributed by atoms with Crippen molar-refractivity contribution in [3.63, 3.8) is 0 Å². The van der Waals surface area contributed by atoms with E-state index in [1.807, 2.05) is 0 Å². The van der Waals surface area contributed by atoms with E-state index >= 15 is 0 Å². The van der Waals surface area contributed by atoms with Gasteiger partial charge < -0.3 is 33.8 Å². The number of carbonyl (C=O) groups is 4. The summed E-state index contributed by atoms with van der Waals surface area (Å²) in [6.07, 6.45) is 73.8. The predicted molar refractivity (Wildman–Crippen MR) is 455 cm³/mol. The molecule has 0 amide bonds. The highest BCUT2D eigenvalue weighted by Gasteiger charge is 2.31. The van der Waals surface area contributed by atoms with Gasteiger partial charge in [0.25, 0.3) is 0 Å². The van der Waals surface area contributed by atoms with Gasteiger partial charge in [-0.05, 0) is 43.4 Å². The molecule has 3 N–H and O–H groups in total. The highest BCUT2D eigenvalue weighted by Crippen LogP contribution is 2.45. The molecule has 0 rings (SSSR count). The fourth-order valence-electron chi connectivity index (χ4n) is 14.3. The molecule has 2 unspecified atom stereocenters. The molecule has 0 aliphatic carbocycles. The molecule has 17 nitrogen and oxygen atoms in total. The Labute approximate surface area is 677 Å². The highest BCUT2D eigenvalue weighted by atomic mass is 31.2. The van der Waals surface area contributed by atoms with Gasteiger partial charge in [0, 0.05) is 25.7 Å². The number of unbranched alkanes of at least 4 members (excludes halogenated alkanes) is 57. The topological polar surface area (TPSA) is 237 Å². The number of rotatable bonds is 89. The van der Waals surface area contributed by atoms with Gasteiger partial charge in [0.05, 0.1) is 26.4 Å². The SMILES string of the molecule is CCCCCCCCCCCCCCCCCCCCCCCCC(=O)O[C@H](COC(=O)CCCCCCCCCCCCCCCCCCC(C)C)COP(=O)(O)OC[C@@H](O)COP(=O)(O)OC[C@@H](COC(=O)CCCCCCCCCCC(C)C)OC(=O)CCCCCCCCCCCCCCCCCC(C)C. The zero-order valence-electron chi connectivity index (χ0n) is 72.7. The molecule has 654 valence electrons. The van der Waals surface area contributed by atoms with Crippen LogP contribution in [0.1, 0.15) is 485 Å². The number of hydrogen-bond donors (Lipinski definition) is 3. The van der Waals surface area contributed by atoms with E-state index in [0.717, 1.165) is 108 Å². The summed E-state index contributed by atoms with van der Waals surface area (Å²) in [6, 6.07) is 0. The number of esters is 4. The first-order valence-electron chi connectivity index (χ1n) is 46.8. The van der Waals surface area contributed by atoms with Crippen LogP contribution >= 0.6 is 15.6 Å². The summed E-state index contributed by atoms with van der Waals surface area (Å²) < 4.78 is 69.1. The van der Waals surface area contributed by atoms with Gasteiger partial charge in [0.1, 0.15) is 19.3 Å². The van der Waals surface area contributed by atoms with E-state index in [9.17, 15) is 43.2 Å². The van der Waals surface area contributed by atoms with Crippen LogP contribution in [0, 0.1) is 17.8 Å². The molecule has 0 saturated carbocycles. The third kappa shape index (κ3) is 84.0. The summed E-state index contributed by atoms with van der Waals surface area (Å²) in [5.41, 5.74) is 0. The summed E-state index contributed by atoms with van der Waals surface area (Å²) in [5, 5.41) is 10.7. The zero-order chi connectivity index (χ0) is 80.8. The Balaban J connectivity index is 5.23. The Morgan fingerprint density at radius 1 is 0.245 bits per heavy atom. The van der Waals surface area contributed by atoms with Crippen molar-refractivity contribution in [1.29, 1.82) is 0 Å². The number of carbonyl (C=O) groups excluding carboxylic acids is 4. The van der Waals surface area contributed by atoms with Crippen LogP contribution < -0.4 is 0 Å². The lowest BCUT2D eigenvalue weighted by Crippen LogP contribution is -2.30. The standard InChI is InChI=1S/C91H178O17P2/c1-8-9-10-11-12-13-14-15-16-17-18-19-20-21-22-29-34-39-44-53-60-67-74-90(95)107-86(78-101-88(93)72-65-58-51-43-38-33-28-24-23-26-31-36-41-48-55-62-69-82(2)3)80-105-109(97,98)103-76-85(92)77-104-110(99,100)106-81-87(79-102-89(94)73-66-59-52-47-46-50-57-64-71-84(6)7)108-91(96)75-68-61-54-45-40-35-30-25-27-32-37-42-49-56-63-70-83(4)5/h82-87,92H,8-81H2,1-7H3,(H,97,98)(H,99,100)/t85-,86-,87-/m1/s1. The smallest absolute Gasteiger partial charge is 0.462 e. The molecule has 0 bridgehead atoms. The van der Waals surface area contributed by atoms with Crippen LogP contribution in [0.15, 0.2) is 0 Å². The van der Waals surface area contributed by atoms with Crippen LogP contribution in [-0.4, -0.2) is 96.7 Å². The average molecular weight is 1610 g/mol. The lowest BCUT2D eigenvalue weighted by Gasteiger charge is -2.21. The van der Waals surface area contributed by atoms with Crippen molar-refractivity contribution in [3.8, 4) is 0 Å². The summed E-state index contributed by atoms with van der Waals surface area (Å²) in [4.78, 5) is 73.4. The van der Waals surface area contributed by atoms with Gasteiger partial charge in [-0.3, -0.25) is 37.3 Å². The lowest BCUT2D eigenvalue weighted by atomic mass is 10.0. The number of aliphatic hydroxyl groups is 1. The Morgan fingerprint density at radius 2 is 0.418 bits per heavy atom. The van der Waals surface area contributed by atoms with Crippen molar-refractivity contribution in [2.75, 3.05) is 39.6 Å². The molecule has 0 aliphatic rings. The highest BCUT2D eigenvalue weighted by molar-refractivity contribution is 7.47. The number of hydrogen-bond acceptors (Lipinski definition) is 15. The van der Waals surface area contributed by atoms with E-state index in [-0.39, 0.29) is 25.7 Å². The quantitative estimate of drug-likeness (QED) is 0.0222. The Morgan fingerprint density at radius 3 is 0.618 bits per heavy atom. The normalized spacial score (nSPS) is 13.8. The number of ether oxygens (including phenoxy) is 4. The van der Waals surface area contributed by atoms with Crippen molar-refractivity contribution >= 4 is 39.5 Å². The minimum atomic E-state index is -4.97. The van der Waals surface area contributed by atoms with E-state index in [1.165, 1.54) is 295 Å². The molecule has 0 fully saturated rings. The van der Waals surface area contributed by atoms with Crippen molar-refractivity contribution < 1.29 is 80.2 Å². The minimum Gasteiger partial charge on any atom is -0.462 e. The van der Waals surface area contributed by atoms with E-state index in [0.29, 0.717) is 25.7 Å². The molecule has 0 aromatic carbocycles. The summed E-state index contributed by atoms with van der Waals surface area (Å²) in [5.74, 6) is 0.242. The van der Waals surface area contributed by atoms with Crippen molar-refractivity contribution in [2.45, 2.75) is 503 Å². The Hall–Kier alpha value is -1.94. The van der Waals surface area contributed by atoms with Crippen LogP contribution in [0.2, 0.25) is 0 Å². The third-order valence-electron chi connectivity index (χ3n) is 21.4. The van der Waals surface area contributed by atoms with Gasteiger partial charge >= 0.3 is 39.5 Å². The second-order valence-electron chi connectivity index (χ2n) is 34.1. The van der Waals surface area contributed by atoms with E-state index < -0.39 is 97.5 Å². The fourth-order valence-corrected chi connectivity index (χ4v) is 15.8. The lowest BCUT2D eigenvalue weighted by molar-refractivity contribution is -0.161. The summed E-state index contributed by atoms with van der Waals surface area (Å²) in [6.45, 7) is 12.0. The first kappa shape index (κ1) is 108. The number of aliphatic hydroxyl groups excluding tert-OH is 1. The molecule has 0 heterocycles. The van der Waals surface area contributed by atoms with Gasteiger partial charge in [-0.1, -0.05) is 434 Å². The first-order valence-corrected chi connectivity index (χ1v) is 49.8. The van der Waals surface area contributed by atoms with Gasteiger partial charge in [-0.2, -0.15) is 0 Å². The zero-order valence-corrected chi connectivity index (χ0v) is 74.5.